The van der Waals surface area contributed by atoms with E-state index in [4.69, 9.17) is 4.74 Å². The lowest BCUT2D eigenvalue weighted by molar-refractivity contribution is -0.0599. The van der Waals surface area contributed by atoms with E-state index in [1.807, 2.05) is 32.5 Å². The Morgan fingerprint density at radius 1 is 1.48 bits per heavy atom. The molecule has 1 unspecified atom stereocenters. The predicted molar refractivity (Wildman–Crippen MR) is 81.6 cm³/mol. The minimum atomic E-state index is -3.48. The number of rotatable bonds is 5. The second-order valence-corrected chi connectivity index (χ2v) is 7.94. The fourth-order valence-corrected chi connectivity index (χ4v) is 4.06. The molecule has 0 amide bonds. The molecule has 1 atom stereocenters. The molecule has 0 bridgehead atoms. The van der Waals surface area contributed by atoms with Gasteiger partial charge in [-0.2, -0.15) is 0 Å². The summed E-state index contributed by atoms with van der Waals surface area (Å²) in [7, 11) is 0.203. The molecule has 0 aromatic carbocycles. The van der Waals surface area contributed by atoms with Gasteiger partial charge in [0.1, 0.15) is 0 Å². The number of aromatic nitrogens is 1. The number of hydrogen-bond donors (Lipinski definition) is 2. The highest BCUT2D eigenvalue weighted by Crippen LogP contribution is 2.25. The third-order valence-electron chi connectivity index (χ3n) is 3.77. The Balaban J connectivity index is 2.13. The summed E-state index contributed by atoms with van der Waals surface area (Å²) in [5.74, 6) is 0. The Hall–Kier alpha value is -0.890. The summed E-state index contributed by atoms with van der Waals surface area (Å²) >= 11 is 0. The monoisotopic (exact) mass is 315 g/mol. The predicted octanol–water partition coefficient (Wildman–Crippen LogP) is 0.980. The van der Waals surface area contributed by atoms with E-state index < -0.39 is 10.0 Å². The summed E-state index contributed by atoms with van der Waals surface area (Å²) in [5, 5.41) is 3.03. The summed E-state index contributed by atoms with van der Waals surface area (Å²) in [6.07, 6.45) is 3.04. The normalized spacial score (nSPS) is 22.4. The quantitative estimate of drug-likeness (QED) is 0.849. The summed E-state index contributed by atoms with van der Waals surface area (Å²) in [6, 6.07) is 1.63. The van der Waals surface area contributed by atoms with Gasteiger partial charge in [-0.15, -0.1) is 0 Å². The van der Waals surface area contributed by atoms with Crippen molar-refractivity contribution in [1.82, 2.24) is 14.6 Å². The van der Waals surface area contributed by atoms with E-state index in [-0.39, 0.29) is 11.6 Å². The molecule has 1 aliphatic heterocycles. The lowest BCUT2D eigenvalue weighted by Gasteiger charge is -2.35. The molecule has 21 heavy (non-hydrogen) atoms. The number of nitrogens with zero attached hydrogens (tertiary/aromatic N) is 1. The van der Waals surface area contributed by atoms with Crippen molar-refractivity contribution in [3.05, 3.63) is 18.0 Å². The van der Waals surface area contributed by atoms with Crippen LogP contribution >= 0.6 is 0 Å². The SMILES string of the molecule is CNCc1cc(S(=O)(=O)NC2CCOC(C)(C)C2)cn1C. The van der Waals surface area contributed by atoms with Crippen molar-refractivity contribution in [2.24, 2.45) is 7.05 Å². The molecule has 0 radical (unpaired) electrons. The maximum atomic E-state index is 12.5. The number of nitrogens with one attached hydrogen (secondary N) is 2. The van der Waals surface area contributed by atoms with E-state index in [1.54, 1.807) is 12.3 Å². The van der Waals surface area contributed by atoms with Crippen LogP contribution in [0.4, 0.5) is 0 Å². The molecule has 0 aliphatic carbocycles. The van der Waals surface area contributed by atoms with Gasteiger partial charge < -0.3 is 14.6 Å². The molecule has 7 heteroatoms. The maximum absolute atomic E-state index is 12.5. The number of ether oxygens (including phenoxy) is 1. The van der Waals surface area contributed by atoms with Gasteiger partial charge in [0.15, 0.2) is 0 Å². The van der Waals surface area contributed by atoms with Crippen molar-refractivity contribution in [2.75, 3.05) is 13.7 Å². The zero-order valence-corrected chi connectivity index (χ0v) is 14.0. The minimum Gasteiger partial charge on any atom is -0.375 e. The van der Waals surface area contributed by atoms with Crippen LogP contribution in [0.3, 0.4) is 0 Å². The van der Waals surface area contributed by atoms with Crippen LogP contribution in [0.25, 0.3) is 0 Å². The molecule has 1 saturated heterocycles. The number of hydrogen-bond acceptors (Lipinski definition) is 4. The van der Waals surface area contributed by atoms with Crippen LogP contribution in [-0.2, 0) is 28.4 Å². The first-order valence-corrected chi connectivity index (χ1v) is 8.68. The van der Waals surface area contributed by atoms with Crippen LogP contribution in [0.1, 0.15) is 32.4 Å². The van der Waals surface area contributed by atoms with Gasteiger partial charge in [-0.3, -0.25) is 0 Å². The smallest absolute Gasteiger partial charge is 0.242 e. The lowest BCUT2D eigenvalue weighted by Crippen LogP contribution is -2.45. The molecule has 2 rings (SSSR count). The van der Waals surface area contributed by atoms with Crippen molar-refractivity contribution in [3.8, 4) is 0 Å². The highest BCUT2D eigenvalue weighted by atomic mass is 32.2. The highest BCUT2D eigenvalue weighted by molar-refractivity contribution is 7.89. The van der Waals surface area contributed by atoms with Gasteiger partial charge in [0.25, 0.3) is 0 Å². The Morgan fingerprint density at radius 3 is 2.81 bits per heavy atom. The topological polar surface area (TPSA) is 72.4 Å². The molecule has 2 N–H and O–H groups in total. The van der Waals surface area contributed by atoms with Crippen molar-refractivity contribution >= 4 is 10.0 Å². The summed E-state index contributed by atoms with van der Waals surface area (Å²) in [4.78, 5) is 0.319. The zero-order valence-electron chi connectivity index (χ0n) is 13.1. The maximum Gasteiger partial charge on any atom is 0.242 e. The Labute approximate surface area is 126 Å². The van der Waals surface area contributed by atoms with Gasteiger partial charge >= 0.3 is 0 Å². The van der Waals surface area contributed by atoms with Gasteiger partial charge in [-0.05, 0) is 39.8 Å². The minimum absolute atomic E-state index is 0.0771. The molecule has 1 aliphatic rings. The van der Waals surface area contributed by atoms with E-state index in [0.29, 0.717) is 30.9 Å². The average Bonchev–Trinajstić information content (AvgIpc) is 2.70. The molecule has 0 spiro atoms. The van der Waals surface area contributed by atoms with Crippen LogP contribution in [0.15, 0.2) is 17.2 Å². The van der Waals surface area contributed by atoms with Crippen LogP contribution in [0.2, 0.25) is 0 Å². The zero-order chi connectivity index (χ0) is 15.7. The molecule has 0 saturated carbocycles. The van der Waals surface area contributed by atoms with E-state index >= 15 is 0 Å². The van der Waals surface area contributed by atoms with E-state index in [2.05, 4.69) is 10.0 Å². The van der Waals surface area contributed by atoms with Gasteiger partial charge in [0.2, 0.25) is 10.0 Å². The van der Waals surface area contributed by atoms with Gasteiger partial charge in [-0.25, -0.2) is 13.1 Å². The molecule has 1 aromatic rings. The van der Waals surface area contributed by atoms with Crippen molar-refractivity contribution in [1.29, 1.82) is 0 Å². The second kappa shape index (κ2) is 6.08. The van der Waals surface area contributed by atoms with Crippen LogP contribution in [0, 0.1) is 0 Å². The Bertz CT molecular complexity index is 593. The van der Waals surface area contributed by atoms with Gasteiger partial charge in [0, 0.05) is 38.1 Å². The summed E-state index contributed by atoms with van der Waals surface area (Å²) < 4.78 is 35.3. The fourth-order valence-electron chi connectivity index (χ4n) is 2.70. The van der Waals surface area contributed by atoms with Crippen LogP contribution in [-0.4, -0.2) is 38.3 Å². The first-order chi connectivity index (χ1) is 9.73. The molecular weight excluding hydrogens is 290 g/mol. The lowest BCUT2D eigenvalue weighted by atomic mass is 9.95. The van der Waals surface area contributed by atoms with Crippen molar-refractivity contribution in [3.63, 3.8) is 0 Å². The van der Waals surface area contributed by atoms with E-state index in [1.165, 1.54) is 0 Å². The first kappa shape index (κ1) is 16.5. The van der Waals surface area contributed by atoms with E-state index in [0.717, 1.165) is 5.69 Å². The van der Waals surface area contributed by atoms with Crippen molar-refractivity contribution < 1.29 is 13.2 Å². The number of sulfonamides is 1. The number of aryl methyl sites for hydroxylation is 1. The van der Waals surface area contributed by atoms with Gasteiger partial charge in [-0.1, -0.05) is 0 Å². The molecule has 6 nitrogen and oxygen atoms in total. The largest absolute Gasteiger partial charge is 0.375 e. The average molecular weight is 315 g/mol. The molecule has 2 heterocycles. The summed E-state index contributed by atoms with van der Waals surface area (Å²) in [5.41, 5.74) is 0.657. The Kier molecular flexibility index (Phi) is 4.77. The van der Waals surface area contributed by atoms with Crippen molar-refractivity contribution in [2.45, 2.75) is 49.8 Å². The Morgan fingerprint density at radius 2 is 2.19 bits per heavy atom. The first-order valence-electron chi connectivity index (χ1n) is 7.20. The molecule has 1 aromatic heterocycles. The van der Waals surface area contributed by atoms with Crippen LogP contribution in [0.5, 0.6) is 0 Å². The third-order valence-corrected chi connectivity index (χ3v) is 5.26. The van der Waals surface area contributed by atoms with Crippen LogP contribution < -0.4 is 10.0 Å². The second-order valence-electron chi connectivity index (χ2n) is 6.23. The molecular formula is C14H25N3O3S. The summed E-state index contributed by atoms with van der Waals surface area (Å²) in [6.45, 7) is 5.19. The third kappa shape index (κ3) is 4.06. The molecule has 1 fully saturated rings. The highest BCUT2D eigenvalue weighted by Gasteiger charge is 2.32. The standard InChI is InChI=1S/C14H25N3O3S/c1-14(2)8-11(5-6-20-14)16-21(18,19)13-7-12(9-15-3)17(4)10-13/h7,10-11,15-16H,5-6,8-9H2,1-4H3. The fraction of sp³-hybridized carbons (Fsp3) is 0.714. The molecule has 120 valence electrons. The van der Waals surface area contributed by atoms with E-state index in [9.17, 15) is 8.42 Å². The van der Waals surface area contributed by atoms with Gasteiger partial charge in [0.05, 0.1) is 10.5 Å².